The first-order valence-electron chi connectivity index (χ1n) is 9.86. The first-order chi connectivity index (χ1) is 12.8. The van der Waals surface area contributed by atoms with Crippen molar-refractivity contribution in [1.82, 2.24) is 0 Å². The monoisotopic (exact) mass is 386 g/mol. The third-order valence-corrected chi connectivity index (χ3v) is 6.95. The Morgan fingerprint density at radius 3 is 2.30 bits per heavy atom. The number of methoxy groups -OCH3 is 1. The molecule has 0 N–H and O–H groups in total. The van der Waals surface area contributed by atoms with E-state index in [9.17, 15) is 0 Å². The topological polar surface area (TPSA) is 18.5 Å². The Morgan fingerprint density at radius 2 is 1.67 bits per heavy atom. The highest BCUT2D eigenvalue weighted by atomic mass is 35.5. The Bertz CT molecular complexity index is 785. The van der Waals surface area contributed by atoms with Crippen LogP contribution in [0.25, 0.3) is 0 Å². The Morgan fingerprint density at radius 1 is 1.00 bits per heavy atom. The van der Waals surface area contributed by atoms with Gasteiger partial charge in [-0.15, -0.1) is 0 Å². The molecular formula is C24H31ClO2. The van der Waals surface area contributed by atoms with Gasteiger partial charge in [-0.25, -0.2) is 0 Å². The quantitative estimate of drug-likeness (QED) is 0.608. The molecule has 5 unspecified atom stereocenters. The lowest BCUT2D eigenvalue weighted by atomic mass is 9.73. The lowest BCUT2D eigenvalue weighted by Gasteiger charge is -2.50. The summed E-state index contributed by atoms with van der Waals surface area (Å²) in [7, 11) is 1.75. The van der Waals surface area contributed by atoms with Crippen molar-refractivity contribution >= 4 is 11.6 Å². The van der Waals surface area contributed by atoms with Crippen molar-refractivity contribution in [2.75, 3.05) is 7.11 Å². The summed E-state index contributed by atoms with van der Waals surface area (Å²) in [6, 6.07) is 14.8. The third-order valence-electron chi connectivity index (χ3n) is 6.59. The van der Waals surface area contributed by atoms with Crippen LogP contribution < -0.4 is 0 Å². The molecule has 0 spiro atoms. The summed E-state index contributed by atoms with van der Waals surface area (Å²) in [4.78, 5) is 0. The molecule has 2 nitrogen and oxygen atoms in total. The molecular weight excluding hydrogens is 356 g/mol. The van der Waals surface area contributed by atoms with Crippen LogP contribution in [0.3, 0.4) is 0 Å². The molecule has 0 amide bonds. The van der Waals surface area contributed by atoms with E-state index in [1.165, 1.54) is 11.1 Å². The van der Waals surface area contributed by atoms with Gasteiger partial charge in [-0.1, -0.05) is 68.3 Å². The van der Waals surface area contributed by atoms with E-state index in [2.05, 4.69) is 71.0 Å². The van der Waals surface area contributed by atoms with E-state index in [0.29, 0.717) is 11.8 Å². The number of aryl methyl sites for hydroxylation is 1. The molecule has 1 saturated heterocycles. The normalized spacial score (nSPS) is 31.1. The molecule has 0 bridgehead atoms. The summed E-state index contributed by atoms with van der Waals surface area (Å²) in [5.74, 6) is 0.479. The second-order valence-electron chi connectivity index (χ2n) is 8.17. The maximum absolute atomic E-state index is 6.54. The molecule has 146 valence electrons. The van der Waals surface area contributed by atoms with Crippen LogP contribution in [0.1, 0.15) is 49.9 Å². The first kappa shape index (κ1) is 20.4. The molecule has 5 atom stereocenters. The average Bonchev–Trinajstić information content (AvgIpc) is 2.66. The van der Waals surface area contributed by atoms with Crippen LogP contribution in [-0.4, -0.2) is 13.2 Å². The zero-order valence-electron chi connectivity index (χ0n) is 17.3. The van der Waals surface area contributed by atoms with Crippen LogP contribution in [0.5, 0.6) is 0 Å². The van der Waals surface area contributed by atoms with E-state index < -0.39 is 5.79 Å². The summed E-state index contributed by atoms with van der Waals surface area (Å²) in [5.41, 5.74) is 4.66. The van der Waals surface area contributed by atoms with Crippen LogP contribution in [0.15, 0.2) is 42.5 Å². The molecule has 1 heterocycles. The van der Waals surface area contributed by atoms with Gasteiger partial charge < -0.3 is 9.47 Å². The number of ether oxygens (including phenoxy) is 2. The third kappa shape index (κ3) is 3.81. The van der Waals surface area contributed by atoms with E-state index in [1.54, 1.807) is 7.11 Å². The van der Waals surface area contributed by atoms with E-state index in [4.69, 9.17) is 21.1 Å². The molecule has 3 rings (SSSR count). The van der Waals surface area contributed by atoms with Crippen molar-refractivity contribution in [3.63, 3.8) is 0 Å². The van der Waals surface area contributed by atoms with E-state index in [1.807, 2.05) is 6.07 Å². The minimum atomic E-state index is -0.738. The maximum atomic E-state index is 6.54. The molecule has 0 aliphatic carbocycles. The van der Waals surface area contributed by atoms with Crippen molar-refractivity contribution in [2.24, 2.45) is 17.8 Å². The molecule has 2 aromatic carbocycles. The summed E-state index contributed by atoms with van der Waals surface area (Å²) in [5, 5.41) is 0.781. The molecule has 1 aliphatic rings. The van der Waals surface area contributed by atoms with Crippen molar-refractivity contribution in [3.8, 4) is 0 Å². The van der Waals surface area contributed by atoms with Gasteiger partial charge in [0.15, 0.2) is 5.79 Å². The van der Waals surface area contributed by atoms with Gasteiger partial charge in [-0.3, -0.25) is 0 Å². The van der Waals surface area contributed by atoms with Gasteiger partial charge in [0.1, 0.15) is 0 Å². The molecule has 1 fully saturated rings. The van der Waals surface area contributed by atoms with Crippen molar-refractivity contribution in [2.45, 2.75) is 52.9 Å². The van der Waals surface area contributed by atoms with Crippen LogP contribution in [0.4, 0.5) is 0 Å². The minimum absolute atomic E-state index is 0.132. The predicted molar refractivity (Wildman–Crippen MR) is 112 cm³/mol. The number of hydrogen-bond donors (Lipinski definition) is 0. The lowest BCUT2D eigenvalue weighted by molar-refractivity contribution is -0.324. The largest absolute Gasteiger partial charge is 0.349 e. The minimum Gasteiger partial charge on any atom is -0.349 e. The average molecular weight is 387 g/mol. The molecule has 0 saturated carbocycles. The molecule has 27 heavy (non-hydrogen) atoms. The van der Waals surface area contributed by atoms with Gasteiger partial charge in [0.25, 0.3) is 0 Å². The summed E-state index contributed by atoms with van der Waals surface area (Å²) >= 11 is 6.54. The van der Waals surface area contributed by atoms with E-state index in [0.717, 1.165) is 22.6 Å². The molecule has 2 aromatic rings. The SMILES string of the molecule is COC1(c2ccc(Cl)c(Cc3ccc(C)cc3)c2)OC(C)C(C)C(C)C1C. The maximum Gasteiger partial charge on any atom is 0.197 e. The van der Waals surface area contributed by atoms with E-state index in [-0.39, 0.29) is 12.0 Å². The van der Waals surface area contributed by atoms with Gasteiger partial charge in [0.2, 0.25) is 0 Å². The fourth-order valence-electron chi connectivity index (χ4n) is 4.26. The highest BCUT2D eigenvalue weighted by Crippen LogP contribution is 2.48. The highest BCUT2D eigenvalue weighted by molar-refractivity contribution is 6.31. The van der Waals surface area contributed by atoms with Crippen LogP contribution in [-0.2, 0) is 21.7 Å². The van der Waals surface area contributed by atoms with Crippen molar-refractivity contribution < 1.29 is 9.47 Å². The number of halogens is 1. The van der Waals surface area contributed by atoms with Crippen molar-refractivity contribution in [3.05, 3.63) is 69.7 Å². The zero-order valence-corrected chi connectivity index (χ0v) is 18.0. The van der Waals surface area contributed by atoms with Crippen LogP contribution in [0.2, 0.25) is 5.02 Å². The summed E-state index contributed by atoms with van der Waals surface area (Å²) < 4.78 is 12.6. The molecule has 0 radical (unpaired) electrons. The van der Waals surface area contributed by atoms with Crippen LogP contribution in [0, 0.1) is 24.7 Å². The number of hydrogen-bond acceptors (Lipinski definition) is 2. The van der Waals surface area contributed by atoms with E-state index >= 15 is 0 Å². The summed E-state index contributed by atoms with van der Waals surface area (Å²) in [6.07, 6.45) is 0.926. The van der Waals surface area contributed by atoms with Crippen LogP contribution >= 0.6 is 11.6 Å². The molecule has 1 aliphatic heterocycles. The van der Waals surface area contributed by atoms with Gasteiger partial charge >= 0.3 is 0 Å². The van der Waals surface area contributed by atoms with Gasteiger partial charge in [0, 0.05) is 23.6 Å². The Balaban J connectivity index is 1.99. The molecule has 0 aromatic heterocycles. The first-order valence-corrected chi connectivity index (χ1v) is 10.2. The fraction of sp³-hybridized carbons (Fsp3) is 0.500. The second kappa shape index (κ2) is 7.95. The predicted octanol–water partition coefficient (Wildman–Crippen LogP) is 6.37. The zero-order chi connectivity index (χ0) is 19.8. The highest BCUT2D eigenvalue weighted by Gasteiger charge is 2.50. The standard InChI is InChI=1S/C24H31ClO2/c1-15-7-9-20(10-8-15)13-21-14-22(11-12-23(21)25)24(26-6)18(4)16(2)17(3)19(5)27-24/h7-12,14,16-19H,13H2,1-6H3. The number of rotatable bonds is 4. The Labute approximate surface area is 168 Å². The number of benzene rings is 2. The smallest absolute Gasteiger partial charge is 0.197 e. The Hall–Kier alpha value is -1.35. The summed E-state index contributed by atoms with van der Waals surface area (Å²) in [6.45, 7) is 11.0. The fourth-order valence-corrected chi connectivity index (χ4v) is 4.44. The van der Waals surface area contributed by atoms with Gasteiger partial charge in [-0.2, -0.15) is 0 Å². The second-order valence-corrected chi connectivity index (χ2v) is 8.58. The Kier molecular flexibility index (Phi) is 6.00. The van der Waals surface area contributed by atoms with Crippen molar-refractivity contribution in [1.29, 1.82) is 0 Å². The lowest BCUT2D eigenvalue weighted by Crippen LogP contribution is -2.52. The van der Waals surface area contributed by atoms with Gasteiger partial charge in [0.05, 0.1) is 6.10 Å². The van der Waals surface area contributed by atoms with Gasteiger partial charge in [-0.05, 0) is 55.4 Å². The molecule has 3 heteroatoms.